The SMILES string of the molecule is CC1(C)CN(Cc2cccs2)C(c2ccccc2F)/C(=C/c2cccc(N3CCOCC3)n2)C1=O. The summed E-state index contributed by atoms with van der Waals surface area (Å²) in [6.07, 6.45) is 1.87. The van der Waals surface area contributed by atoms with Gasteiger partial charge in [-0.15, -0.1) is 11.3 Å². The Morgan fingerprint density at radius 3 is 2.66 bits per heavy atom. The third-order valence-corrected chi connectivity index (χ3v) is 7.53. The van der Waals surface area contributed by atoms with E-state index in [0.29, 0.717) is 43.1 Å². The molecule has 0 N–H and O–H groups in total. The Kier molecular flexibility index (Phi) is 6.82. The van der Waals surface area contributed by atoms with Gasteiger partial charge in [0.25, 0.3) is 0 Å². The van der Waals surface area contributed by atoms with Crippen LogP contribution in [0.4, 0.5) is 10.2 Å². The quantitative estimate of drug-likeness (QED) is 0.450. The number of benzene rings is 1. The highest BCUT2D eigenvalue weighted by atomic mass is 32.1. The van der Waals surface area contributed by atoms with Crippen LogP contribution in [0.3, 0.4) is 0 Å². The summed E-state index contributed by atoms with van der Waals surface area (Å²) in [5.41, 5.74) is 1.19. The van der Waals surface area contributed by atoms with Gasteiger partial charge in [-0.25, -0.2) is 9.37 Å². The molecule has 0 spiro atoms. The van der Waals surface area contributed by atoms with E-state index in [1.165, 1.54) is 10.9 Å². The highest BCUT2D eigenvalue weighted by Gasteiger charge is 2.44. The molecule has 2 saturated heterocycles. The third-order valence-electron chi connectivity index (χ3n) is 6.67. The van der Waals surface area contributed by atoms with Gasteiger partial charge in [-0.3, -0.25) is 9.69 Å². The number of aromatic nitrogens is 1. The lowest BCUT2D eigenvalue weighted by atomic mass is 9.74. The molecule has 182 valence electrons. The van der Waals surface area contributed by atoms with Gasteiger partial charge in [0.05, 0.1) is 24.9 Å². The van der Waals surface area contributed by atoms with Crippen molar-refractivity contribution in [1.82, 2.24) is 9.88 Å². The van der Waals surface area contributed by atoms with Gasteiger partial charge >= 0.3 is 0 Å². The highest BCUT2D eigenvalue weighted by Crippen LogP contribution is 2.43. The number of ketones is 1. The average molecular weight is 492 g/mol. The van der Waals surface area contributed by atoms with Crippen LogP contribution in [0.25, 0.3) is 6.08 Å². The van der Waals surface area contributed by atoms with Crippen molar-refractivity contribution >= 4 is 29.0 Å². The molecule has 2 aromatic heterocycles. The van der Waals surface area contributed by atoms with Crippen LogP contribution in [-0.4, -0.2) is 48.5 Å². The van der Waals surface area contributed by atoms with Crippen LogP contribution >= 0.6 is 11.3 Å². The number of ether oxygens (including phenoxy) is 1. The molecule has 2 fully saturated rings. The van der Waals surface area contributed by atoms with E-state index in [0.717, 1.165) is 18.9 Å². The number of anilines is 1. The summed E-state index contributed by atoms with van der Waals surface area (Å²) in [7, 11) is 0. The second-order valence-corrected chi connectivity index (χ2v) is 10.8. The molecule has 0 amide bonds. The molecule has 5 nitrogen and oxygen atoms in total. The number of nitrogens with zero attached hydrogens (tertiary/aromatic N) is 3. The normalized spacial score (nSPS) is 22.0. The molecule has 4 heterocycles. The lowest BCUT2D eigenvalue weighted by Crippen LogP contribution is -2.49. The minimum atomic E-state index is -0.604. The first-order chi connectivity index (χ1) is 16.9. The van der Waals surface area contributed by atoms with Crippen molar-refractivity contribution in [2.75, 3.05) is 37.7 Å². The van der Waals surface area contributed by atoms with Crippen molar-refractivity contribution in [3.63, 3.8) is 0 Å². The Balaban J connectivity index is 1.60. The summed E-state index contributed by atoms with van der Waals surface area (Å²) in [6.45, 7) is 8.04. The van der Waals surface area contributed by atoms with Crippen molar-refractivity contribution in [2.24, 2.45) is 5.41 Å². The summed E-state index contributed by atoms with van der Waals surface area (Å²) in [5.74, 6) is 0.594. The molecule has 0 radical (unpaired) electrons. The molecule has 1 aromatic carbocycles. The van der Waals surface area contributed by atoms with E-state index in [9.17, 15) is 4.79 Å². The number of Topliss-reactive ketones (excluding diaryl/α,β-unsaturated/α-hetero) is 1. The lowest BCUT2D eigenvalue weighted by molar-refractivity contribution is -0.128. The highest BCUT2D eigenvalue weighted by molar-refractivity contribution is 7.09. The van der Waals surface area contributed by atoms with Crippen LogP contribution in [0, 0.1) is 11.2 Å². The van der Waals surface area contributed by atoms with Crippen molar-refractivity contribution in [1.29, 1.82) is 0 Å². The molecular weight excluding hydrogens is 461 g/mol. The van der Waals surface area contributed by atoms with Crippen LogP contribution in [0.2, 0.25) is 0 Å². The van der Waals surface area contributed by atoms with E-state index in [-0.39, 0.29) is 11.6 Å². The van der Waals surface area contributed by atoms with E-state index in [2.05, 4.69) is 15.9 Å². The number of carbonyl (C=O) groups is 1. The van der Waals surface area contributed by atoms with Gasteiger partial charge < -0.3 is 9.64 Å². The molecule has 1 unspecified atom stereocenters. The van der Waals surface area contributed by atoms with Crippen molar-refractivity contribution in [3.8, 4) is 0 Å². The van der Waals surface area contributed by atoms with E-state index >= 15 is 4.39 Å². The Hall–Kier alpha value is -2.87. The van der Waals surface area contributed by atoms with Crippen LogP contribution < -0.4 is 4.90 Å². The predicted octanol–water partition coefficient (Wildman–Crippen LogP) is 5.35. The van der Waals surface area contributed by atoms with Gasteiger partial charge in [-0.05, 0) is 35.7 Å². The maximum absolute atomic E-state index is 15.2. The van der Waals surface area contributed by atoms with Gasteiger partial charge in [-0.1, -0.05) is 44.2 Å². The van der Waals surface area contributed by atoms with E-state index in [4.69, 9.17) is 9.72 Å². The minimum Gasteiger partial charge on any atom is -0.378 e. The maximum Gasteiger partial charge on any atom is 0.167 e. The van der Waals surface area contributed by atoms with E-state index < -0.39 is 11.5 Å². The fourth-order valence-electron chi connectivity index (χ4n) is 4.99. The van der Waals surface area contributed by atoms with Gasteiger partial charge in [0.15, 0.2) is 5.78 Å². The molecular formula is C28H30FN3O2S. The zero-order valence-corrected chi connectivity index (χ0v) is 20.9. The number of thiophene rings is 1. The van der Waals surface area contributed by atoms with Gasteiger partial charge in [0, 0.05) is 47.6 Å². The second kappa shape index (κ2) is 10.0. The number of pyridine rings is 1. The molecule has 0 aliphatic carbocycles. The summed E-state index contributed by atoms with van der Waals surface area (Å²) in [6, 6.07) is 16.3. The van der Waals surface area contributed by atoms with E-state index in [1.54, 1.807) is 23.5 Å². The number of likely N-dealkylation sites (tertiary alicyclic amines) is 1. The monoisotopic (exact) mass is 491 g/mol. The summed E-state index contributed by atoms with van der Waals surface area (Å²) in [5, 5.41) is 2.05. The molecule has 0 bridgehead atoms. The summed E-state index contributed by atoms with van der Waals surface area (Å²) >= 11 is 1.67. The first-order valence-electron chi connectivity index (χ1n) is 12.0. The van der Waals surface area contributed by atoms with Crippen molar-refractivity contribution < 1.29 is 13.9 Å². The van der Waals surface area contributed by atoms with Crippen LogP contribution in [-0.2, 0) is 16.1 Å². The Morgan fingerprint density at radius 2 is 1.91 bits per heavy atom. The largest absolute Gasteiger partial charge is 0.378 e. The number of carbonyl (C=O) groups excluding carboxylic acids is 1. The molecule has 35 heavy (non-hydrogen) atoms. The molecule has 2 aliphatic heterocycles. The van der Waals surface area contributed by atoms with Crippen LogP contribution in [0.1, 0.15) is 36.0 Å². The molecule has 1 atom stereocenters. The fourth-order valence-corrected chi connectivity index (χ4v) is 5.72. The first kappa shape index (κ1) is 23.9. The predicted molar refractivity (Wildman–Crippen MR) is 138 cm³/mol. The lowest BCUT2D eigenvalue weighted by Gasteiger charge is -2.44. The number of morpholine rings is 1. The number of halogens is 1. The third kappa shape index (κ3) is 5.08. The average Bonchev–Trinajstić information content (AvgIpc) is 3.37. The summed E-state index contributed by atoms with van der Waals surface area (Å²) in [4.78, 5) is 24.3. The Labute approximate surface area is 209 Å². The first-order valence-corrected chi connectivity index (χ1v) is 12.9. The number of hydrogen-bond acceptors (Lipinski definition) is 6. The zero-order valence-electron chi connectivity index (χ0n) is 20.1. The van der Waals surface area contributed by atoms with Crippen LogP contribution in [0.5, 0.6) is 0 Å². The maximum atomic E-state index is 15.2. The Bertz CT molecular complexity index is 1220. The van der Waals surface area contributed by atoms with Crippen molar-refractivity contribution in [3.05, 3.63) is 87.5 Å². The van der Waals surface area contributed by atoms with E-state index in [1.807, 2.05) is 55.6 Å². The van der Waals surface area contributed by atoms with Gasteiger partial charge in [0.1, 0.15) is 11.6 Å². The van der Waals surface area contributed by atoms with Crippen LogP contribution in [0.15, 0.2) is 65.6 Å². The molecule has 2 aliphatic rings. The number of hydrogen-bond donors (Lipinski definition) is 0. The van der Waals surface area contributed by atoms with Gasteiger partial charge in [-0.2, -0.15) is 0 Å². The zero-order chi connectivity index (χ0) is 24.4. The smallest absolute Gasteiger partial charge is 0.167 e. The number of rotatable bonds is 5. The van der Waals surface area contributed by atoms with Gasteiger partial charge in [0.2, 0.25) is 0 Å². The summed E-state index contributed by atoms with van der Waals surface area (Å²) < 4.78 is 20.6. The second-order valence-electron chi connectivity index (χ2n) is 9.74. The standard InChI is InChI=1S/C28H30FN3O2S/c1-28(2)19-32(18-21-8-6-16-35-21)26(22-9-3-4-10-24(22)29)23(27(28)33)17-20-7-5-11-25(30-20)31-12-14-34-15-13-31/h3-11,16-17,26H,12-15,18-19H2,1-2H3/b23-17-. The van der Waals surface area contributed by atoms with Crippen molar-refractivity contribution in [2.45, 2.75) is 26.4 Å². The number of piperidine rings is 1. The minimum absolute atomic E-state index is 0.0340. The molecule has 7 heteroatoms. The topological polar surface area (TPSA) is 45.7 Å². The molecule has 0 saturated carbocycles. The Morgan fingerprint density at radius 1 is 1.11 bits per heavy atom. The molecule has 3 aromatic rings. The fraction of sp³-hybridized carbons (Fsp3) is 0.357. The molecule has 5 rings (SSSR count).